The molecular weight excluding hydrogens is 261 g/mol. The number of carbonyl (C=O) groups excluding carboxylic acids is 1. The highest BCUT2D eigenvalue weighted by molar-refractivity contribution is 8.00. The van der Waals surface area contributed by atoms with Crippen LogP contribution in [0.1, 0.15) is 24.8 Å². The molecule has 1 rings (SSSR count). The van der Waals surface area contributed by atoms with Crippen LogP contribution in [-0.2, 0) is 4.79 Å². The summed E-state index contributed by atoms with van der Waals surface area (Å²) in [7, 11) is 0. The normalized spacial score (nSPS) is 11.6. The Morgan fingerprint density at radius 2 is 1.94 bits per heavy atom. The van der Waals surface area contributed by atoms with E-state index in [0.717, 1.165) is 10.5 Å². The molecule has 0 spiro atoms. The quantitative estimate of drug-likeness (QED) is 0.717. The lowest BCUT2D eigenvalue weighted by atomic mass is 10.2. The molecular formula is C13H15F3OS. The Morgan fingerprint density at radius 1 is 1.28 bits per heavy atom. The fraction of sp³-hybridized carbons (Fsp3) is 0.462. The number of hydrogen-bond acceptors (Lipinski definition) is 2. The third-order valence-corrected chi connectivity index (χ3v) is 3.63. The molecule has 1 nitrogen and oxygen atoms in total. The minimum atomic E-state index is -4.16. The summed E-state index contributed by atoms with van der Waals surface area (Å²) in [4.78, 5) is 12.4. The molecule has 0 saturated heterocycles. The van der Waals surface area contributed by atoms with Crippen LogP contribution in [0.25, 0.3) is 0 Å². The third-order valence-electron chi connectivity index (χ3n) is 2.40. The van der Waals surface area contributed by atoms with E-state index in [0.29, 0.717) is 0 Å². The Hall–Kier alpha value is -0.970. The van der Waals surface area contributed by atoms with E-state index in [1.54, 1.807) is 0 Å². The van der Waals surface area contributed by atoms with Gasteiger partial charge < -0.3 is 0 Å². The van der Waals surface area contributed by atoms with Gasteiger partial charge in [0.15, 0.2) is 0 Å². The summed E-state index contributed by atoms with van der Waals surface area (Å²) in [5, 5.41) is 0. The number of ketones is 1. The van der Waals surface area contributed by atoms with Crippen LogP contribution in [0, 0.1) is 6.92 Å². The summed E-state index contributed by atoms with van der Waals surface area (Å²) < 4.78 is 35.7. The molecule has 5 heteroatoms. The number of carbonyl (C=O) groups is 1. The van der Waals surface area contributed by atoms with Crippen molar-refractivity contribution in [2.24, 2.45) is 0 Å². The van der Waals surface area contributed by atoms with Crippen LogP contribution in [-0.4, -0.2) is 17.7 Å². The molecule has 1 aromatic carbocycles. The second-order valence-electron chi connectivity index (χ2n) is 4.06. The lowest BCUT2D eigenvalue weighted by Crippen LogP contribution is -2.09. The zero-order valence-corrected chi connectivity index (χ0v) is 10.9. The molecule has 0 atom stereocenters. The van der Waals surface area contributed by atoms with Gasteiger partial charge in [0.25, 0.3) is 0 Å². The van der Waals surface area contributed by atoms with Crippen molar-refractivity contribution in [2.45, 2.75) is 37.3 Å². The number of aryl methyl sites for hydroxylation is 1. The van der Waals surface area contributed by atoms with Gasteiger partial charge in [0.2, 0.25) is 0 Å². The molecule has 0 heterocycles. The molecule has 0 aliphatic heterocycles. The number of Topliss-reactive ketones (excluding diaryl/α,β-unsaturated/α-hetero) is 1. The number of alkyl halides is 3. The summed E-state index contributed by atoms with van der Waals surface area (Å²) in [6.45, 7) is 1.94. The van der Waals surface area contributed by atoms with Crippen molar-refractivity contribution in [3.8, 4) is 0 Å². The van der Waals surface area contributed by atoms with Gasteiger partial charge in [-0.3, -0.25) is 4.79 Å². The topological polar surface area (TPSA) is 17.1 Å². The predicted molar refractivity (Wildman–Crippen MR) is 66.8 cm³/mol. The number of hydrogen-bond donors (Lipinski definition) is 0. The Bertz CT molecular complexity index is 401. The maximum absolute atomic E-state index is 11.9. The minimum Gasteiger partial charge on any atom is -0.299 e. The van der Waals surface area contributed by atoms with E-state index in [1.807, 2.05) is 31.2 Å². The lowest BCUT2D eigenvalue weighted by Gasteiger charge is -2.06. The van der Waals surface area contributed by atoms with Crippen LogP contribution >= 0.6 is 11.8 Å². The first kappa shape index (κ1) is 15.1. The molecule has 100 valence electrons. The van der Waals surface area contributed by atoms with Crippen LogP contribution in [0.2, 0.25) is 0 Å². The van der Waals surface area contributed by atoms with E-state index < -0.39 is 12.6 Å². The first-order valence-electron chi connectivity index (χ1n) is 5.65. The molecule has 18 heavy (non-hydrogen) atoms. The van der Waals surface area contributed by atoms with Crippen molar-refractivity contribution in [1.82, 2.24) is 0 Å². The van der Waals surface area contributed by atoms with Gasteiger partial charge in [-0.05, 0) is 25.0 Å². The molecule has 0 aromatic heterocycles. The van der Waals surface area contributed by atoms with Gasteiger partial charge in [-0.25, -0.2) is 0 Å². The molecule has 0 bridgehead atoms. The SMILES string of the molecule is Cc1ccccc1SCC(=O)CCCC(F)(F)F. The van der Waals surface area contributed by atoms with Crippen molar-refractivity contribution in [3.63, 3.8) is 0 Å². The third kappa shape index (κ3) is 6.10. The largest absolute Gasteiger partial charge is 0.389 e. The van der Waals surface area contributed by atoms with Gasteiger partial charge in [-0.15, -0.1) is 11.8 Å². The Morgan fingerprint density at radius 3 is 2.56 bits per heavy atom. The van der Waals surface area contributed by atoms with E-state index in [-0.39, 0.29) is 24.4 Å². The second-order valence-corrected chi connectivity index (χ2v) is 5.08. The standard InChI is InChI=1S/C13H15F3OS/c1-10-5-2-3-7-12(10)18-9-11(17)6-4-8-13(14,15)16/h2-3,5,7H,4,6,8-9H2,1H3. The minimum absolute atomic E-state index is 0.00160. The zero-order valence-electron chi connectivity index (χ0n) is 10.1. The number of thioether (sulfide) groups is 1. The Labute approximate surface area is 109 Å². The second kappa shape index (κ2) is 6.83. The van der Waals surface area contributed by atoms with Gasteiger partial charge in [0.1, 0.15) is 5.78 Å². The van der Waals surface area contributed by atoms with Crippen molar-refractivity contribution in [3.05, 3.63) is 29.8 Å². The summed E-state index contributed by atoms with van der Waals surface area (Å²) in [6, 6.07) is 7.63. The van der Waals surface area contributed by atoms with E-state index in [4.69, 9.17) is 0 Å². The number of halogens is 3. The highest BCUT2D eigenvalue weighted by Crippen LogP contribution is 2.24. The summed E-state index contributed by atoms with van der Waals surface area (Å²) in [5.74, 6) is 0.107. The van der Waals surface area contributed by atoms with Crippen LogP contribution in [0.5, 0.6) is 0 Å². The summed E-state index contributed by atoms with van der Waals surface area (Å²) >= 11 is 1.38. The summed E-state index contributed by atoms with van der Waals surface area (Å²) in [5.41, 5.74) is 1.07. The molecule has 0 N–H and O–H groups in total. The highest BCUT2D eigenvalue weighted by Gasteiger charge is 2.26. The van der Waals surface area contributed by atoms with Crippen LogP contribution in [0.4, 0.5) is 13.2 Å². The maximum Gasteiger partial charge on any atom is 0.389 e. The molecule has 0 saturated carbocycles. The molecule has 0 fully saturated rings. The first-order chi connectivity index (χ1) is 8.38. The van der Waals surface area contributed by atoms with Gasteiger partial charge in [0.05, 0.1) is 5.75 Å². The van der Waals surface area contributed by atoms with E-state index in [9.17, 15) is 18.0 Å². The number of benzene rings is 1. The van der Waals surface area contributed by atoms with Crippen LogP contribution in [0.15, 0.2) is 29.2 Å². The van der Waals surface area contributed by atoms with E-state index in [2.05, 4.69) is 0 Å². The molecule has 1 aromatic rings. The predicted octanol–water partition coefficient (Wildman–Crippen LogP) is 4.39. The molecule has 0 radical (unpaired) electrons. The Balaban J connectivity index is 2.28. The monoisotopic (exact) mass is 276 g/mol. The number of rotatable bonds is 6. The van der Waals surface area contributed by atoms with E-state index in [1.165, 1.54) is 11.8 Å². The zero-order chi connectivity index (χ0) is 13.6. The molecule has 0 aliphatic carbocycles. The lowest BCUT2D eigenvalue weighted by molar-refractivity contribution is -0.136. The average molecular weight is 276 g/mol. The highest BCUT2D eigenvalue weighted by atomic mass is 32.2. The van der Waals surface area contributed by atoms with Gasteiger partial charge >= 0.3 is 6.18 Å². The van der Waals surface area contributed by atoms with Crippen molar-refractivity contribution in [1.29, 1.82) is 0 Å². The smallest absolute Gasteiger partial charge is 0.299 e. The van der Waals surface area contributed by atoms with Gasteiger partial charge in [-0.1, -0.05) is 18.2 Å². The van der Waals surface area contributed by atoms with Crippen LogP contribution < -0.4 is 0 Å². The summed E-state index contributed by atoms with van der Waals surface area (Å²) in [6.07, 6.45) is -5.16. The fourth-order valence-electron chi connectivity index (χ4n) is 1.43. The first-order valence-corrected chi connectivity index (χ1v) is 6.64. The van der Waals surface area contributed by atoms with E-state index >= 15 is 0 Å². The van der Waals surface area contributed by atoms with Gasteiger partial charge in [-0.2, -0.15) is 13.2 Å². The molecule has 0 aliphatic rings. The van der Waals surface area contributed by atoms with Crippen molar-refractivity contribution < 1.29 is 18.0 Å². The maximum atomic E-state index is 11.9. The van der Waals surface area contributed by atoms with Crippen molar-refractivity contribution >= 4 is 17.5 Å². The molecule has 0 unspecified atom stereocenters. The Kier molecular flexibility index (Phi) is 5.72. The van der Waals surface area contributed by atoms with Crippen LogP contribution in [0.3, 0.4) is 0 Å². The van der Waals surface area contributed by atoms with Gasteiger partial charge in [0, 0.05) is 17.7 Å². The average Bonchev–Trinajstić information content (AvgIpc) is 2.26. The fourth-order valence-corrected chi connectivity index (χ4v) is 2.37. The molecule has 0 amide bonds. The van der Waals surface area contributed by atoms with Crippen molar-refractivity contribution in [2.75, 3.05) is 5.75 Å².